The zero-order valence-corrected chi connectivity index (χ0v) is 15.0. The summed E-state index contributed by atoms with van der Waals surface area (Å²) in [4.78, 5) is 37.3. The van der Waals surface area contributed by atoms with Crippen molar-refractivity contribution in [1.82, 2.24) is 10.2 Å². The molecule has 2 aliphatic rings. The van der Waals surface area contributed by atoms with Crippen molar-refractivity contribution in [3.05, 3.63) is 41.6 Å². The Kier molecular flexibility index (Phi) is 4.92. The van der Waals surface area contributed by atoms with Crippen LogP contribution in [0.4, 0.5) is 0 Å². The molecule has 0 aliphatic carbocycles. The number of nitrogens with zero attached hydrogens (tertiary/aromatic N) is 1. The second kappa shape index (κ2) is 7.00. The molecule has 1 aromatic rings. The van der Waals surface area contributed by atoms with E-state index in [4.69, 9.17) is 10.5 Å². The van der Waals surface area contributed by atoms with Crippen LogP contribution in [-0.4, -0.2) is 51.6 Å². The Bertz CT molecular complexity index is 779. The van der Waals surface area contributed by atoms with Gasteiger partial charge in [-0.2, -0.15) is 0 Å². The molecule has 4 N–H and O–H groups in total. The number of carbonyl (C=O) groups excluding carboxylic acids is 2. The van der Waals surface area contributed by atoms with E-state index in [1.807, 2.05) is 6.92 Å². The molecule has 1 saturated heterocycles. The van der Waals surface area contributed by atoms with E-state index in [9.17, 15) is 19.5 Å². The molecule has 3 rings (SSSR count). The molecule has 138 valence electrons. The molecule has 1 aromatic carbocycles. The third kappa shape index (κ3) is 3.15. The number of carbonyl (C=O) groups is 3. The molecule has 0 aromatic heterocycles. The van der Waals surface area contributed by atoms with Crippen LogP contribution in [0.25, 0.3) is 0 Å². The van der Waals surface area contributed by atoms with E-state index in [1.165, 1.54) is 29.8 Å². The van der Waals surface area contributed by atoms with E-state index in [0.717, 1.165) is 0 Å². The lowest BCUT2D eigenvalue weighted by molar-refractivity contribution is -0.150. The first-order chi connectivity index (χ1) is 12.3. The van der Waals surface area contributed by atoms with Crippen molar-refractivity contribution in [2.45, 2.75) is 29.6 Å². The standard InChI is InChI=1S/C17H19N3O5S/c1-8-7-11(17(23)24)20-15(22)13(16(20)26-8)19-14(21)12(18)9-3-5-10(25-2)6-4-9/h3-8,12-13,16H,18H2,1-2H3,(H,19,21)(H,23,24)/t8?,12?,13?,16-/m0/s1. The second-order valence-corrected chi connectivity index (χ2v) is 7.53. The number of nitrogens with one attached hydrogen (secondary N) is 1. The molecule has 2 aliphatic heterocycles. The number of ether oxygens (including phenoxy) is 1. The summed E-state index contributed by atoms with van der Waals surface area (Å²) in [7, 11) is 1.54. The Hall–Kier alpha value is -2.52. The number of thioether (sulfide) groups is 1. The van der Waals surface area contributed by atoms with Gasteiger partial charge in [-0.05, 0) is 30.7 Å². The smallest absolute Gasteiger partial charge is 0.352 e. The monoisotopic (exact) mass is 377 g/mol. The highest BCUT2D eigenvalue weighted by atomic mass is 32.2. The molecule has 1 fully saturated rings. The molecule has 9 heteroatoms. The molecule has 8 nitrogen and oxygen atoms in total. The molecule has 0 spiro atoms. The van der Waals surface area contributed by atoms with Gasteiger partial charge in [0.1, 0.15) is 28.9 Å². The number of aliphatic carboxylic acids is 1. The summed E-state index contributed by atoms with van der Waals surface area (Å²) in [6, 6.07) is 5.02. The van der Waals surface area contributed by atoms with E-state index in [1.54, 1.807) is 24.3 Å². The highest BCUT2D eigenvalue weighted by Gasteiger charge is 2.54. The summed E-state index contributed by atoms with van der Waals surface area (Å²) in [6.07, 6.45) is 1.53. The number of carboxylic acid groups (broad SMARTS) is 1. The van der Waals surface area contributed by atoms with Gasteiger partial charge in [-0.25, -0.2) is 4.79 Å². The van der Waals surface area contributed by atoms with Crippen molar-refractivity contribution in [1.29, 1.82) is 0 Å². The van der Waals surface area contributed by atoms with Gasteiger partial charge in [0.25, 0.3) is 5.91 Å². The number of methoxy groups -OCH3 is 1. The quantitative estimate of drug-likeness (QED) is 0.637. The van der Waals surface area contributed by atoms with Gasteiger partial charge < -0.3 is 20.9 Å². The normalized spacial score (nSPS) is 25.5. The number of nitrogens with two attached hydrogens (primary N) is 1. The minimum Gasteiger partial charge on any atom is -0.497 e. The number of hydrogen-bond acceptors (Lipinski definition) is 6. The number of benzene rings is 1. The van der Waals surface area contributed by atoms with Crippen LogP contribution in [0.15, 0.2) is 36.0 Å². The van der Waals surface area contributed by atoms with Crippen LogP contribution >= 0.6 is 11.8 Å². The van der Waals surface area contributed by atoms with Crippen molar-refractivity contribution in [2.24, 2.45) is 5.73 Å². The summed E-state index contributed by atoms with van der Waals surface area (Å²) < 4.78 is 5.07. The van der Waals surface area contributed by atoms with Gasteiger partial charge >= 0.3 is 5.97 Å². The van der Waals surface area contributed by atoms with Crippen LogP contribution in [0.1, 0.15) is 18.5 Å². The molecular formula is C17H19N3O5S. The topological polar surface area (TPSA) is 122 Å². The van der Waals surface area contributed by atoms with E-state index >= 15 is 0 Å². The third-order valence-electron chi connectivity index (χ3n) is 4.32. The van der Waals surface area contributed by atoms with Crippen LogP contribution in [0, 0.1) is 0 Å². The van der Waals surface area contributed by atoms with Crippen molar-refractivity contribution in [3.8, 4) is 5.75 Å². The number of carboxylic acids is 1. The van der Waals surface area contributed by atoms with E-state index in [2.05, 4.69) is 5.32 Å². The van der Waals surface area contributed by atoms with Crippen molar-refractivity contribution in [2.75, 3.05) is 7.11 Å². The minimum atomic E-state index is -1.16. The number of fused-ring (bicyclic) bond motifs is 1. The summed E-state index contributed by atoms with van der Waals surface area (Å²) >= 11 is 1.42. The Morgan fingerprint density at radius 1 is 1.35 bits per heavy atom. The van der Waals surface area contributed by atoms with Crippen LogP contribution < -0.4 is 15.8 Å². The van der Waals surface area contributed by atoms with Gasteiger partial charge in [0, 0.05) is 5.25 Å². The maximum Gasteiger partial charge on any atom is 0.352 e. The third-order valence-corrected chi connectivity index (χ3v) is 5.65. The molecule has 0 radical (unpaired) electrons. The highest BCUT2D eigenvalue weighted by Crippen LogP contribution is 2.40. The van der Waals surface area contributed by atoms with E-state index in [0.29, 0.717) is 11.3 Å². The minimum absolute atomic E-state index is 0.0452. The summed E-state index contributed by atoms with van der Waals surface area (Å²) in [5, 5.41) is 11.4. The van der Waals surface area contributed by atoms with Crippen molar-refractivity contribution >= 4 is 29.5 Å². The average molecular weight is 377 g/mol. The predicted molar refractivity (Wildman–Crippen MR) is 95.3 cm³/mol. The Morgan fingerprint density at radius 3 is 2.58 bits per heavy atom. The van der Waals surface area contributed by atoms with Crippen LogP contribution in [0.5, 0.6) is 5.75 Å². The molecule has 4 atom stereocenters. The van der Waals surface area contributed by atoms with Gasteiger partial charge in [0.15, 0.2) is 0 Å². The molecular weight excluding hydrogens is 358 g/mol. The first-order valence-electron chi connectivity index (χ1n) is 7.97. The summed E-state index contributed by atoms with van der Waals surface area (Å²) in [5.41, 5.74) is 6.52. The number of hydrogen-bond donors (Lipinski definition) is 3. The Morgan fingerprint density at radius 2 is 2.00 bits per heavy atom. The van der Waals surface area contributed by atoms with E-state index < -0.39 is 35.2 Å². The van der Waals surface area contributed by atoms with Gasteiger partial charge in [-0.15, -0.1) is 11.8 Å². The van der Waals surface area contributed by atoms with Crippen LogP contribution in [0.2, 0.25) is 0 Å². The SMILES string of the molecule is COc1ccc(C(N)C(=O)NC2C(=O)N3C(C(=O)O)=CC(C)S[C@@H]23)cc1. The van der Waals surface area contributed by atoms with Crippen molar-refractivity contribution < 1.29 is 24.2 Å². The number of rotatable bonds is 5. The van der Waals surface area contributed by atoms with Crippen LogP contribution in [-0.2, 0) is 14.4 Å². The molecule has 3 unspecified atom stereocenters. The van der Waals surface area contributed by atoms with E-state index in [-0.39, 0.29) is 10.9 Å². The summed E-state index contributed by atoms with van der Waals surface area (Å²) in [6.45, 7) is 1.84. The maximum atomic E-state index is 12.4. The molecule has 0 saturated carbocycles. The van der Waals surface area contributed by atoms with Gasteiger partial charge in [0.05, 0.1) is 7.11 Å². The fourth-order valence-corrected chi connectivity index (χ4v) is 4.26. The Balaban J connectivity index is 1.69. The van der Waals surface area contributed by atoms with Gasteiger partial charge in [-0.1, -0.05) is 12.1 Å². The maximum absolute atomic E-state index is 12.4. The molecule has 0 bridgehead atoms. The molecule has 2 amide bonds. The zero-order chi connectivity index (χ0) is 19.0. The molecule has 26 heavy (non-hydrogen) atoms. The van der Waals surface area contributed by atoms with Gasteiger partial charge in [-0.3, -0.25) is 14.5 Å². The van der Waals surface area contributed by atoms with Gasteiger partial charge in [0.2, 0.25) is 5.91 Å². The van der Waals surface area contributed by atoms with Crippen molar-refractivity contribution in [3.63, 3.8) is 0 Å². The number of β-lactam (4-membered cyclic amide) rings is 1. The lowest BCUT2D eigenvalue weighted by atomic mass is 10.0. The summed E-state index contributed by atoms with van der Waals surface area (Å²) in [5.74, 6) is -1.45. The molecule has 2 heterocycles. The first-order valence-corrected chi connectivity index (χ1v) is 8.91. The number of amides is 2. The Labute approximate surface area is 154 Å². The highest BCUT2D eigenvalue weighted by molar-refractivity contribution is 8.00. The fourth-order valence-electron chi connectivity index (χ4n) is 2.93. The lowest BCUT2D eigenvalue weighted by Gasteiger charge is -2.49. The van der Waals surface area contributed by atoms with Crippen LogP contribution in [0.3, 0.4) is 0 Å². The average Bonchev–Trinajstić information content (AvgIpc) is 2.64. The lowest BCUT2D eigenvalue weighted by Crippen LogP contribution is -2.71. The second-order valence-electron chi connectivity index (χ2n) is 6.03. The zero-order valence-electron chi connectivity index (χ0n) is 14.2. The fraction of sp³-hybridized carbons (Fsp3) is 0.353. The predicted octanol–water partition coefficient (Wildman–Crippen LogP) is 0.452. The first kappa shape index (κ1) is 18.3. The largest absolute Gasteiger partial charge is 0.497 e.